The zero-order valence-corrected chi connectivity index (χ0v) is 14.3. The number of aromatic carboxylic acids is 1. The van der Waals surface area contributed by atoms with Gasteiger partial charge in [-0.2, -0.15) is 0 Å². The predicted molar refractivity (Wildman–Crippen MR) is 88.2 cm³/mol. The van der Waals surface area contributed by atoms with Crippen molar-refractivity contribution in [3.8, 4) is 0 Å². The number of hydrogen-bond acceptors (Lipinski definition) is 2. The van der Waals surface area contributed by atoms with E-state index >= 15 is 0 Å². The van der Waals surface area contributed by atoms with Crippen LogP contribution in [0.25, 0.3) is 0 Å². The molecule has 0 aliphatic rings. The number of nitrogens with one attached hydrogen (secondary N) is 1. The second kappa shape index (κ2) is 6.60. The van der Waals surface area contributed by atoms with Gasteiger partial charge in [-0.15, -0.1) is 0 Å². The van der Waals surface area contributed by atoms with Crippen LogP contribution in [0, 0.1) is 0 Å². The Bertz CT molecular complexity index is 734. The Labute approximate surface area is 142 Å². The van der Waals surface area contributed by atoms with Crippen molar-refractivity contribution in [3.63, 3.8) is 0 Å². The van der Waals surface area contributed by atoms with Gasteiger partial charge in [-0.1, -0.05) is 17.7 Å². The summed E-state index contributed by atoms with van der Waals surface area (Å²) in [4.78, 5) is 23.4. The quantitative estimate of drug-likeness (QED) is 0.730. The molecule has 0 radical (unpaired) electrons. The zero-order chi connectivity index (χ0) is 15.6. The molecule has 0 fully saturated rings. The molecule has 7 heteroatoms. The fourth-order valence-electron chi connectivity index (χ4n) is 1.65. The average molecular weight is 433 g/mol. The Hall–Kier alpha value is -1.37. The van der Waals surface area contributed by atoms with Gasteiger partial charge in [-0.05, 0) is 62.2 Å². The summed E-state index contributed by atoms with van der Waals surface area (Å²) < 4.78 is 1.08. The van der Waals surface area contributed by atoms with Crippen molar-refractivity contribution in [1.29, 1.82) is 0 Å². The van der Waals surface area contributed by atoms with Crippen LogP contribution in [0.3, 0.4) is 0 Å². The molecule has 2 N–H and O–H groups in total. The number of hydrogen-bond donors (Lipinski definition) is 2. The van der Waals surface area contributed by atoms with Crippen molar-refractivity contribution < 1.29 is 14.7 Å². The summed E-state index contributed by atoms with van der Waals surface area (Å²) in [6.45, 7) is 0. The SMILES string of the molecule is O=C(Nc1c(Br)cccc1C(=O)O)c1ccc(Cl)c(Br)c1. The Morgan fingerprint density at radius 3 is 2.43 bits per heavy atom. The summed E-state index contributed by atoms with van der Waals surface area (Å²) in [5.74, 6) is -1.55. The summed E-state index contributed by atoms with van der Waals surface area (Å²) in [6.07, 6.45) is 0. The van der Waals surface area contributed by atoms with Crippen LogP contribution in [0.4, 0.5) is 5.69 Å². The maximum atomic E-state index is 12.2. The number of rotatable bonds is 3. The van der Waals surface area contributed by atoms with Crippen molar-refractivity contribution >= 4 is 61.0 Å². The molecule has 4 nitrogen and oxygen atoms in total. The van der Waals surface area contributed by atoms with Crippen molar-refractivity contribution in [1.82, 2.24) is 0 Å². The van der Waals surface area contributed by atoms with Crippen molar-refractivity contribution in [3.05, 3.63) is 61.5 Å². The number of carbonyl (C=O) groups is 2. The van der Waals surface area contributed by atoms with E-state index in [0.717, 1.165) is 0 Å². The Morgan fingerprint density at radius 2 is 1.81 bits per heavy atom. The lowest BCUT2D eigenvalue weighted by atomic mass is 10.1. The maximum Gasteiger partial charge on any atom is 0.337 e. The molecule has 2 aromatic rings. The summed E-state index contributed by atoms with van der Waals surface area (Å²) >= 11 is 12.3. The monoisotopic (exact) mass is 431 g/mol. The standard InChI is InChI=1S/C14H8Br2ClNO3/c15-9-3-1-2-8(14(20)21)12(9)18-13(19)7-4-5-11(17)10(16)6-7/h1-6H,(H,18,19)(H,20,21). The second-order valence-corrected chi connectivity index (χ2v) is 6.17. The van der Waals surface area contributed by atoms with Crippen LogP contribution < -0.4 is 5.32 Å². The molecule has 0 saturated carbocycles. The van der Waals surface area contributed by atoms with Gasteiger partial charge in [0.1, 0.15) is 0 Å². The normalized spacial score (nSPS) is 10.2. The molecule has 0 atom stereocenters. The van der Waals surface area contributed by atoms with Crippen LogP contribution in [-0.4, -0.2) is 17.0 Å². The number of amides is 1. The third-order valence-electron chi connectivity index (χ3n) is 2.66. The van der Waals surface area contributed by atoms with Gasteiger partial charge >= 0.3 is 5.97 Å². The van der Waals surface area contributed by atoms with Crippen LogP contribution in [-0.2, 0) is 0 Å². The van der Waals surface area contributed by atoms with Crippen molar-refractivity contribution in [2.45, 2.75) is 0 Å². The number of carbonyl (C=O) groups excluding carboxylic acids is 1. The molecule has 1 amide bonds. The highest BCUT2D eigenvalue weighted by atomic mass is 79.9. The second-order valence-electron chi connectivity index (χ2n) is 4.05. The van der Waals surface area contributed by atoms with Crippen LogP contribution in [0.15, 0.2) is 45.3 Å². The minimum Gasteiger partial charge on any atom is -0.478 e. The summed E-state index contributed by atoms with van der Waals surface area (Å²) in [5, 5.41) is 12.2. The van der Waals surface area contributed by atoms with E-state index in [0.29, 0.717) is 19.5 Å². The summed E-state index contributed by atoms with van der Waals surface area (Å²) in [7, 11) is 0. The van der Waals surface area contributed by atoms with E-state index in [1.807, 2.05) is 0 Å². The van der Waals surface area contributed by atoms with E-state index in [-0.39, 0.29) is 11.3 Å². The number of anilines is 1. The lowest BCUT2D eigenvalue weighted by molar-refractivity contribution is 0.0698. The lowest BCUT2D eigenvalue weighted by Crippen LogP contribution is -2.15. The van der Waals surface area contributed by atoms with E-state index in [2.05, 4.69) is 37.2 Å². The van der Waals surface area contributed by atoms with Gasteiger partial charge in [0, 0.05) is 14.5 Å². The fourth-order valence-corrected chi connectivity index (χ4v) is 2.61. The van der Waals surface area contributed by atoms with E-state index in [1.165, 1.54) is 6.07 Å². The van der Waals surface area contributed by atoms with Crippen molar-refractivity contribution in [2.24, 2.45) is 0 Å². The van der Waals surface area contributed by atoms with Gasteiger partial charge < -0.3 is 10.4 Å². The largest absolute Gasteiger partial charge is 0.478 e. The third kappa shape index (κ3) is 3.64. The first-order valence-electron chi connectivity index (χ1n) is 5.68. The Kier molecular flexibility index (Phi) is 5.03. The summed E-state index contributed by atoms with van der Waals surface area (Å²) in [6, 6.07) is 9.36. The molecule has 0 unspecified atom stereocenters. The third-order valence-corrected chi connectivity index (χ3v) is 4.54. The van der Waals surface area contributed by atoms with Crippen LogP contribution in [0.5, 0.6) is 0 Å². The molecule has 2 rings (SSSR count). The average Bonchev–Trinajstić information content (AvgIpc) is 2.43. The van der Waals surface area contributed by atoms with Gasteiger partial charge in [0.2, 0.25) is 0 Å². The van der Waals surface area contributed by atoms with E-state index in [1.54, 1.807) is 30.3 Å². The Balaban J connectivity index is 2.36. The highest BCUT2D eigenvalue weighted by molar-refractivity contribution is 9.11. The van der Waals surface area contributed by atoms with Crippen LogP contribution in [0.1, 0.15) is 20.7 Å². The van der Waals surface area contributed by atoms with E-state index < -0.39 is 11.9 Å². The van der Waals surface area contributed by atoms with Crippen LogP contribution in [0.2, 0.25) is 5.02 Å². The van der Waals surface area contributed by atoms with Gasteiger partial charge in [0.25, 0.3) is 5.91 Å². The lowest BCUT2D eigenvalue weighted by Gasteiger charge is -2.11. The summed E-state index contributed by atoms with van der Waals surface area (Å²) in [5.41, 5.74) is 0.574. The first-order valence-corrected chi connectivity index (χ1v) is 7.64. The molecule has 108 valence electrons. The van der Waals surface area contributed by atoms with Gasteiger partial charge in [-0.25, -0.2) is 4.79 Å². The number of carboxylic acid groups (broad SMARTS) is 1. The molecule has 0 aliphatic heterocycles. The number of carboxylic acids is 1. The number of halogens is 3. The van der Waals surface area contributed by atoms with Crippen molar-refractivity contribution in [2.75, 3.05) is 5.32 Å². The van der Waals surface area contributed by atoms with Gasteiger partial charge in [0.15, 0.2) is 0 Å². The zero-order valence-electron chi connectivity index (χ0n) is 10.4. The highest BCUT2D eigenvalue weighted by Gasteiger charge is 2.16. The molecule has 2 aromatic carbocycles. The topological polar surface area (TPSA) is 66.4 Å². The highest BCUT2D eigenvalue weighted by Crippen LogP contribution is 2.28. The predicted octanol–water partition coefficient (Wildman–Crippen LogP) is 4.82. The first-order chi connectivity index (χ1) is 9.90. The molecule has 0 heterocycles. The molecule has 0 spiro atoms. The molecular weight excluding hydrogens is 425 g/mol. The van der Waals surface area contributed by atoms with Crippen LogP contribution >= 0.6 is 43.5 Å². The Morgan fingerprint density at radius 1 is 1.10 bits per heavy atom. The van der Waals surface area contributed by atoms with Gasteiger partial charge in [0.05, 0.1) is 16.3 Å². The van der Waals surface area contributed by atoms with E-state index in [9.17, 15) is 9.59 Å². The maximum absolute atomic E-state index is 12.2. The number of benzene rings is 2. The van der Waals surface area contributed by atoms with Gasteiger partial charge in [-0.3, -0.25) is 4.79 Å². The minimum atomic E-state index is -1.12. The number of para-hydroxylation sites is 1. The fraction of sp³-hybridized carbons (Fsp3) is 0. The molecule has 0 saturated heterocycles. The smallest absolute Gasteiger partial charge is 0.337 e. The first kappa shape index (κ1) is 16.0. The molecule has 21 heavy (non-hydrogen) atoms. The molecule has 0 aliphatic carbocycles. The van der Waals surface area contributed by atoms with E-state index in [4.69, 9.17) is 16.7 Å². The molecular formula is C14H8Br2ClNO3. The molecule has 0 aromatic heterocycles. The molecule has 0 bridgehead atoms. The minimum absolute atomic E-state index is 0.00533.